The molecule has 1 fully saturated rings. The van der Waals surface area contributed by atoms with Crippen LogP contribution in [0.1, 0.15) is 38.7 Å². The molecule has 1 aliphatic carbocycles. The van der Waals surface area contributed by atoms with Gasteiger partial charge in [-0.3, -0.25) is 4.99 Å². The number of hydrogen-bond donors (Lipinski definition) is 3. The van der Waals surface area contributed by atoms with Crippen molar-refractivity contribution in [2.45, 2.75) is 38.5 Å². The van der Waals surface area contributed by atoms with E-state index in [1.807, 2.05) is 13.0 Å². The molecule has 0 heterocycles. The summed E-state index contributed by atoms with van der Waals surface area (Å²) in [7, 11) is -3.14. The largest absolute Gasteiger partial charge is 0.357 e. The summed E-state index contributed by atoms with van der Waals surface area (Å²) >= 11 is 0. The molecule has 1 aliphatic rings. The lowest BCUT2D eigenvalue weighted by molar-refractivity contribution is 0.579. The van der Waals surface area contributed by atoms with E-state index in [-0.39, 0.29) is 41.0 Å². The molecule has 0 atom stereocenters. The minimum atomic E-state index is -3.14. The summed E-state index contributed by atoms with van der Waals surface area (Å²) < 4.78 is 38.8. The van der Waals surface area contributed by atoms with Crippen molar-refractivity contribution in [1.29, 1.82) is 0 Å². The Labute approximate surface area is 178 Å². The first kappa shape index (κ1) is 24.1. The zero-order valence-corrected chi connectivity index (χ0v) is 19.1. The third-order valence-corrected chi connectivity index (χ3v) is 5.93. The van der Waals surface area contributed by atoms with Crippen molar-refractivity contribution in [1.82, 2.24) is 15.4 Å². The van der Waals surface area contributed by atoms with Gasteiger partial charge in [0.15, 0.2) is 5.96 Å². The Kier molecular flexibility index (Phi) is 9.96. The smallest absolute Gasteiger partial charge is 0.211 e. The Morgan fingerprint density at radius 1 is 1.22 bits per heavy atom. The minimum absolute atomic E-state index is 0. The molecule has 0 aromatic heterocycles. The quantitative estimate of drug-likeness (QED) is 0.195. The number of halogens is 2. The van der Waals surface area contributed by atoms with E-state index in [9.17, 15) is 12.8 Å². The first-order valence-corrected chi connectivity index (χ1v) is 10.8. The molecule has 1 aromatic carbocycles. The summed E-state index contributed by atoms with van der Waals surface area (Å²) in [5.41, 5.74) is 0.951. The van der Waals surface area contributed by atoms with E-state index < -0.39 is 10.0 Å². The lowest BCUT2D eigenvalue weighted by atomic mass is 9.96. The van der Waals surface area contributed by atoms with E-state index in [0.29, 0.717) is 32.0 Å². The second-order valence-electron chi connectivity index (χ2n) is 6.56. The van der Waals surface area contributed by atoms with Gasteiger partial charge in [-0.15, -0.1) is 24.0 Å². The van der Waals surface area contributed by atoms with Gasteiger partial charge in [-0.25, -0.2) is 17.5 Å². The van der Waals surface area contributed by atoms with Gasteiger partial charge in [0, 0.05) is 25.0 Å². The molecule has 0 aliphatic heterocycles. The van der Waals surface area contributed by atoms with Gasteiger partial charge >= 0.3 is 0 Å². The van der Waals surface area contributed by atoms with Crippen molar-refractivity contribution in [3.8, 4) is 0 Å². The summed E-state index contributed by atoms with van der Waals surface area (Å²) in [4.78, 5) is 4.65. The van der Waals surface area contributed by atoms with Crippen molar-refractivity contribution in [2.24, 2.45) is 4.99 Å². The summed E-state index contributed by atoms with van der Waals surface area (Å²) in [5, 5.41) is 6.41. The van der Waals surface area contributed by atoms with Crippen LogP contribution in [0.15, 0.2) is 29.3 Å². The molecular weight excluding hydrogens is 482 g/mol. The molecule has 2 rings (SSSR count). The van der Waals surface area contributed by atoms with Gasteiger partial charge in [0.1, 0.15) is 5.82 Å². The van der Waals surface area contributed by atoms with E-state index in [1.54, 1.807) is 19.1 Å². The van der Waals surface area contributed by atoms with Crippen LogP contribution in [-0.2, 0) is 15.4 Å². The van der Waals surface area contributed by atoms with Crippen LogP contribution in [0.4, 0.5) is 4.39 Å². The number of nitrogens with zero attached hydrogens (tertiary/aromatic N) is 1. The molecule has 9 heteroatoms. The number of guanidine groups is 1. The van der Waals surface area contributed by atoms with Crippen LogP contribution in [0.3, 0.4) is 0 Å². The van der Waals surface area contributed by atoms with E-state index in [1.165, 1.54) is 6.07 Å². The van der Waals surface area contributed by atoms with Crippen LogP contribution in [0, 0.1) is 5.82 Å². The maximum atomic E-state index is 13.5. The molecule has 0 bridgehead atoms. The highest BCUT2D eigenvalue weighted by Gasteiger charge is 2.44. The Balaban J connectivity index is 0.00000364. The predicted molar refractivity (Wildman–Crippen MR) is 119 cm³/mol. The van der Waals surface area contributed by atoms with Crippen LogP contribution < -0.4 is 15.4 Å². The molecule has 27 heavy (non-hydrogen) atoms. The first-order valence-electron chi connectivity index (χ1n) is 9.16. The van der Waals surface area contributed by atoms with E-state index in [0.717, 1.165) is 24.9 Å². The molecule has 1 aromatic rings. The van der Waals surface area contributed by atoms with Gasteiger partial charge in [0.2, 0.25) is 10.0 Å². The SMILES string of the molecule is CCNC(=NCC1(c2cccc(F)c2)CC1)NCCCNS(=O)(=O)CC.I. The average Bonchev–Trinajstić information content (AvgIpc) is 3.40. The third-order valence-electron chi connectivity index (χ3n) is 4.52. The van der Waals surface area contributed by atoms with Crippen LogP contribution in [-0.4, -0.2) is 46.3 Å². The molecule has 0 spiro atoms. The zero-order valence-electron chi connectivity index (χ0n) is 15.9. The molecule has 1 saturated carbocycles. The molecule has 154 valence electrons. The highest BCUT2D eigenvalue weighted by atomic mass is 127. The summed E-state index contributed by atoms with van der Waals surface area (Å²) in [6.45, 7) is 5.96. The monoisotopic (exact) mass is 512 g/mol. The summed E-state index contributed by atoms with van der Waals surface area (Å²) in [6.07, 6.45) is 2.69. The maximum Gasteiger partial charge on any atom is 0.211 e. The Bertz CT molecular complexity index is 724. The molecule has 0 radical (unpaired) electrons. The van der Waals surface area contributed by atoms with Crippen LogP contribution in [0.2, 0.25) is 0 Å². The summed E-state index contributed by atoms with van der Waals surface area (Å²) in [6, 6.07) is 6.77. The van der Waals surface area contributed by atoms with Gasteiger partial charge in [-0.1, -0.05) is 12.1 Å². The fourth-order valence-electron chi connectivity index (χ4n) is 2.70. The second kappa shape index (κ2) is 11.2. The number of aliphatic imine (C=N–C) groups is 1. The third kappa shape index (κ3) is 7.90. The van der Waals surface area contributed by atoms with Gasteiger partial charge in [0.25, 0.3) is 0 Å². The number of hydrogen-bond acceptors (Lipinski definition) is 3. The van der Waals surface area contributed by atoms with E-state index in [2.05, 4.69) is 20.3 Å². The number of rotatable bonds is 10. The molecule has 0 saturated heterocycles. The Morgan fingerprint density at radius 3 is 2.56 bits per heavy atom. The molecule has 6 nitrogen and oxygen atoms in total. The van der Waals surface area contributed by atoms with Gasteiger partial charge < -0.3 is 10.6 Å². The number of benzene rings is 1. The van der Waals surface area contributed by atoms with Crippen LogP contribution >= 0.6 is 24.0 Å². The Hall–Kier alpha value is -0.940. The standard InChI is InChI=1S/C18H29FN4O2S.HI/c1-3-20-17(21-11-6-12-23-26(24,25)4-2)22-14-18(9-10-18)15-7-5-8-16(19)13-15;/h5,7-8,13,23H,3-4,6,9-12,14H2,1-2H3,(H2,20,21,22);1H. The second-order valence-corrected chi connectivity index (χ2v) is 8.66. The fourth-order valence-corrected chi connectivity index (χ4v) is 3.36. The molecule has 0 unspecified atom stereocenters. The first-order chi connectivity index (χ1) is 12.4. The lowest BCUT2D eigenvalue weighted by Crippen LogP contribution is -2.39. The van der Waals surface area contributed by atoms with Gasteiger partial charge in [-0.05, 0) is 50.8 Å². The van der Waals surface area contributed by atoms with Crippen molar-refractivity contribution in [3.63, 3.8) is 0 Å². The van der Waals surface area contributed by atoms with Gasteiger partial charge in [-0.2, -0.15) is 0 Å². The fraction of sp³-hybridized carbons (Fsp3) is 0.611. The molecular formula is C18H30FIN4O2S. The number of nitrogens with one attached hydrogen (secondary N) is 3. The topological polar surface area (TPSA) is 82.6 Å². The highest BCUT2D eigenvalue weighted by molar-refractivity contribution is 14.0. The molecule has 3 N–H and O–H groups in total. The van der Waals surface area contributed by atoms with E-state index >= 15 is 0 Å². The van der Waals surface area contributed by atoms with Crippen molar-refractivity contribution in [2.75, 3.05) is 31.9 Å². The van der Waals surface area contributed by atoms with Gasteiger partial charge in [0.05, 0.1) is 12.3 Å². The normalized spacial score (nSPS) is 15.7. The average molecular weight is 512 g/mol. The number of sulfonamides is 1. The minimum Gasteiger partial charge on any atom is -0.357 e. The van der Waals surface area contributed by atoms with E-state index in [4.69, 9.17) is 0 Å². The zero-order chi connectivity index (χ0) is 19.0. The van der Waals surface area contributed by atoms with Crippen molar-refractivity contribution < 1.29 is 12.8 Å². The van der Waals surface area contributed by atoms with Crippen LogP contribution in [0.25, 0.3) is 0 Å². The molecule has 0 amide bonds. The highest BCUT2D eigenvalue weighted by Crippen LogP contribution is 2.48. The van der Waals surface area contributed by atoms with Crippen molar-refractivity contribution >= 4 is 40.0 Å². The van der Waals surface area contributed by atoms with Crippen LogP contribution in [0.5, 0.6) is 0 Å². The Morgan fingerprint density at radius 2 is 1.96 bits per heavy atom. The van der Waals surface area contributed by atoms with Crippen molar-refractivity contribution in [3.05, 3.63) is 35.6 Å². The summed E-state index contributed by atoms with van der Waals surface area (Å²) in [5.74, 6) is 0.581. The lowest BCUT2D eigenvalue weighted by Gasteiger charge is -2.16. The maximum absolute atomic E-state index is 13.5. The predicted octanol–water partition coefficient (Wildman–Crippen LogP) is 2.36.